The molecule has 1 amide bonds. The first kappa shape index (κ1) is 13.0. The molecule has 0 bridgehead atoms. The number of aromatic nitrogens is 2. The molecule has 2 rings (SSSR count). The molecule has 0 aliphatic carbocycles. The Morgan fingerprint density at radius 3 is 2.89 bits per heavy atom. The Morgan fingerprint density at radius 2 is 2.16 bits per heavy atom. The fourth-order valence-electron chi connectivity index (χ4n) is 1.57. The Labute approximate surface area is 112 Å². The number of nitrogens with one attached hydrogen (secondary N) is 1. The summed E-state index contributed by atoms with van der Waals surface area (Å²) in [7, 11) is 0. The first-order valence-electron chi connectivity index (χ1n) is 6.03. The Balaban J connectivity index is 1.87. The SMILES string of the molecule is Cc1cccc(CNC(=O)/C=C/c2ccccn2)n1. The summed E-state index contributed by atoms with van der Waals surface area (Å²) in [5, 5.41) is 2.78. The Morgan fingerprint density at radius 1 is 1.26 bits per heavy atom. The number of carbonyl (C=O) groups excluding carboxylic acids is 1. The average molecular weight is 253 g/mol. The molecule has 0 spiro atoms. The third-order valence-electron chi connectivity index (χ3n) is 2.48. The van der Waals surface area contributed by atoms with Gasteiger partial charge in [-0.05, 0) is 37.3 Å². The summed E-state index contributed by atoms with van der Waals surface area (Å²) in [5.74, 6) is -0.158. The molecule has 4 nitrogen and oxygen atoms in total. The number of pyridine rings is 2. The van der Waals surface area contributed by atoms with Gasteiger partial charge in [-0.1, -0.05) is 12.1 Å². The predicted molar refractivity (Wildman–Crippen MR) is 74.1 cm³/mol. The highest BCUT2D eigenvalue weighted by molar-refractivity contribution is 5.91. The Hall–Kier alpha value is -2.49. The van der Waals surface area contributed by atoms with Crippen LogP contribution in [0.5, 0.6) is 0 Å². The molecule has 2 aromatic rings. The van der Waals surface area contributed by atoms with Gasteiger partial charge in [0.2, 0.25) is 5.91 Å². The van der Waals surface area contributed by atoms with Crippen molar-refractivity contribution in [2.75, 3.05) is 0 Å². The van der Waals surface area contributed by atoms with Crippen LogP contribution in [0.25, 0.3) is 6.08 Å². The van der Waals surface area contributed by atoms with E-state index in [4.69, 9.17) is 0 Å². The van der Waals surface area contributed by atoms with Crippen molar-refractivity contribution in [1.82, 2.24) is 15.3 Å². The van der Waals surface area contributed by atoms with Gasteiger partial charge in [-0.2, -0.15) is 0 Å². The molecule has 1 N–H and O–H groups in total. The van der Waals surface area contributed by atoms with Crippen LogP contribution in [0.3, 0.4) is 0 Å². The van der Waals surface area contributed by atoms with E-state index in [1.165, 1.54) is 6.08 Å². The molecule has 19 heavy (non-hydrogen) atoms. The number of carbonyl (C=O) groups is 1. The van der Waals surface area contributed by atoms with Crippen LogP contribution in [-0.4, -0.2) is 15.9 Å². The maximum absolute atomic E-state index is 11.6. The second-order valence-corrected chi connectivity index (χ2v) is 4.08. The number of hydrogen-bond donors (Lipinski definition) is 1. The molecule has 0 fully saturated rings. The summed E-state index contributed by atoms with van der Waals surface area (Å²) in [5.41, 5.74) is 2.54. The van der Waals surface area contributed by atoms with E-state index in [9.17, 15) is 4.79 Å². The number of amides is 1. The van der Waals surface area contributed by atoms with E-state index < -0.39 is 0 Å². The maximum Gasteiger partial charge on any atom is 0.244 e. The maximum atomic E-state index is 11.6. The van der Waals surface area contributed by atoms with Crippen molar-refractivity contribution in [3.05, 3.63) is 65.8 Å². The highest BCUT2D eigenvalue weighted by atomic mass is 16.1. The second-order valence-electron chi connectivity index (χ2n) is 4.08. The Kier molecular flexibility index (Phi) is 4.39. The molecule has 0 saturated carbocycles. The fourth-order valence-corrected chi connectivity index (χ4v) is 1.57. The fraction of sp³-hybridized carbons (Fsp3) is 0.133. The van der Waals surface area contributed by atoms with E-state index >= 15 is 0 Å². The lowest BCUT2D eigenvalue weighted by molar-refractivity contribution is -0.116. The molecule has 0 saturated heterocycles. The normalized spacial score (nSPS) is 10.6. The van der Waals surface area contributed by atoms with Crippen LogP contribution in [0.2, 0.25) is 0 Å². The van der Waals surface area contributed by atoms with Crippen LogP contribution >= 0.6 is 0 Å². The third-order valence-corrected chi connectivity index (χ3v) is 2.48. The van der Waals surface area contributed by atoms with Crippen molar-refractivity contribution in [2.24, 2.45) is 0 Å². The number of hydrogen-bond acceptors (Lipinski definition) is 3. The Bertz CT molecular complexity index is 579. The lowest BCUT2D eigenvalue weighted by Crippen LogP contribution is -2.20. The summed E-state index contributed by atoms with van der Waals surface area (Å²) >= 11 is 0. The predicted octanol–water partition coefficient (Wildman–Crippen LogP) is 2.11. The van der Waals surface area contributed by atoms with Crippen molar-refractivity contribution < 1.29 is 4.79 Å². The smallest absolute Gasteiger partial charge is 0.244 e. The molecular formula is C15H15N3O. The molecule has 0 radical (unpaired) electrons. The lowest BCUT2D eigenvalue weighted by atomic mass is 10.3. The van der Waals surface area contributed by atoms with Gasteiger partial charge in [-0.25, -0.2) is 0 Å². The third kappa shape index (κ3) is 4.35. The van der Waals surface area contributed by atoms with E-state index in [0.717, 1.165) is 17.1 Å². The van der Waals surface area contributed by atoms with Crippen LogP contribution in [0, 0.1) is 6.92 Å². The zero-order chi connectivity index (χ0) is 13.5. The van der Waals surface area contributed by atoms with Gasteiger partial charge in [-0.15, -0.1) is 0 Å². The van der Waals surface area contributed by atoms with Crippen LogP contribution in [-0.2, 0) is 11.3 Å². The molecule has 0 atom stereocenters. The number of rotatable bonds is 4. The van der Waals surface area contributed by atoms with E-state index in [1.54, 1.807) is 12.3 Å². The van der Waals surface area contributed by atoms with E-state index in [0.29, 0.717) is 6.54 Å². The molecule has 96 valence electrons. The standard InChI is InChI=1S/C15H15N3O/c1-12-5-4-7-14(18-12)11-17-15(19)9-8-13-6-2-3-10-16-13/h2-10H,11H2,1H3,(H,17,19)/b9-8+. The van der Waals surface area contributed by atoms with Gasteiger partial charge in [0.05, 0.1) is 17.9 Å². The van der Waals surface area contributed by atoms with Crippen LogP contribution < -0.4 is 5.32 Å². The molecule has 0 aromatic carbocycles. The van der Waals surface area contributed by atoms with Gasteiger partial charge in [-0.3, -0.25) is 14.8 Å². The van der Waals surface area contributed by atoms with Crippen LogP contribution in [0.1, 0.15) is 17.1 Å². The zero-order valence-corrected chi connectivity index (χ0v) is 10.7. The molecule has 0 aliphatic heterocycles. The summed E-state index contributed by atoms with van der Waals surface area (Å²) in [4.78, 5) is 20.0. The molecule has 2 aromatic heterocycles. The topological polar surface area (TPSA) is 54.9 Å². The van der Waals surface area contributed by atoms with Crippen molar-refractivity contribution in [1.29, 1.82) is 0 Å². The van der Waals surface area contributed by atoms with Crippen LogP contribution in [0.15, 0.2) is 48.7 Å². The minimum atomic E-state index is -0.158. The van der Waals surface area contributed by atoms with E-state index in [1.807, 2.05) is 43.3 Å². The number of aryl methyl sites for hydroxylation is 1. The quantitative estimate of drug-likeness (QED) is 0.849. The summed E-state index contributed by atoms with van der Waals surface area (Å²) in [6.07, 6.45) is 4.84. The van der Waals surface area contributed by atoms with Gasteiger partial charge in [0.1, 0.15) is 0 Å². The van der Waals surface area contributed by atoms with Crippen LogP contribution in [0.4, 0.5) is 0 Å². The monoisotopic (exact) mass is 253 g/mol. The van der Waals surface area contributed by atoms with E-state index in [2.05, 4.69) is 15.3 Å². The highest BCUT2D eigenvalue weighted by Crippen LogP contribution is 1.98. The largest absolute Gasteiger partial charge is 0.347 e. The minimum Gasteiger partial charge on any atom is -0.347 e. The zero-order valence-electron chi connectivity index (χ0n) is 10.7. The lowest BCUT2D eigenvalue weighted by Gasteiger charge is -2.02. The van der Waals surface area contributed by atoms with Crippen molar-refractivity contribution >= 4 is 12.0 Å². The molecule has 2 heterocycles. The van der Waals surface area contributed by atoms with Crippen molar-refractivity contribution in [2.45, 2.75) is 13.5 Å². The summed E-state index contributed by atoms with van der Waals surface area (Å²) in [6.45, 7) is 2.35. The molecule has 0 unspecified atom stereocenters. The molecular weight excluding hydrogens is 238 g/mol. The summed E-state index contributed by atoms with van der Waals surface area (Å²) < 4.78 is 0. The van der Waals surface area contributed by atoms with Gasteiger partial charge < -0.3 is 5.32 Å². The first-order chi connectivity index (χ1) is 9.24. The second kappa shape index (κ2) is 6.44. The van der Waals surface area contributed by atoms with Gasteiger partial charge >= 0.3 is 0 Å². The van der Waals surface area contributed by atoms with Gasteiger partial charge in [0.25, 0.3) is 0 Å². The highest BCUT2D eigenvalue weighted by Gasteiger charge is 1.98. The average Bonchev–Trinajstić information content (AvgIpc) is 2.44. The molecule has 4 heteroatoms. The minimum absolute atomic E-state index is 0.158. The van der Waals surface area contributed by atoms with E-state index in [-0.39, 0.29) is 5.91 Å². The van der Waals surface area contributed by atoms with Crippen molar-refractivity contribution in [3.63, 3.8) is 0 Å². The molecule has 0 aliphatic rings. The first-order valence-corrected chi connectivity index (χ1v) is 6.03. The number of nitrogens with zero attached hydrogens (tertiary/aromatic N) is 2. The summed E-state index contributed by atoms with van der Waals surface area (Å²) in [6, 6.07) is 11.3. The van der Waals surface area contributed by atoms with Crippen molar-refractivity contribution in [3.8, 4) is 0 Å². The van der Waals surface area contributed by atoms with Gasteiger partial charge in [0.15, 0.2) is 0 Å². The van der Waals surface area contributed by atoms with Gasteiger partial charge in [0, 0.05) is 18.0 Å².